The highest BCUT2D eigenvalue weighted by atomic mass is 32.2. The summed E-state index contributed by atoms with van der Waals surface area (Å²) in [6.45, 7) is 0.512. The van der Waals surface area contributed by atoms with Gasteiger partial charge in [-0.1, -0.05) is 6.07 Å². The van der Waals surface area contributed by atoms with Crippen LogP contribution in [-0.2, 0) is 10.0 Å². The van der Waals surface area contributed by atoms with E-state index >= 15 is 0 Å². The molecular weight excluding hydrogens is 342 g/mol. The van der Waals surface area contributed by atoms with Crippen LogP contribution in [0.5, 0.6) is 0 Å². The van der Waals surface area contributed by atoms with E-state index < -0.39 is 16.1 Å². The molecule has 0 radical (unpaired) electrons. The molecule has 2 N–H and O–H groups in total. The van der Waals surface area contributed by atoms with E-state index in [1.807, 2.05) is 0 Å². The lowest BCUT2D eigenvalue weighted by Crippen LogP contribution is -2.42. The van der Waals surface area contributed by atoms with Crippen molar-refractivity contribution in [3.8, 4) is 0 Å². The first-order valence-corrected chi connectivity index (χ1v) is 9.41. The molecule has 1 saturated heterocycles. The van der Waals surface area contributed by atoms with Gasteiger partial charge in [0.2, 0.25) is 10.0 Å². The summed E-state index contributed by atoms with van der Waals surface area (Å²) in [5, 5.41) is 12.4. The third kappa shape index (κ3) is 4.04. The zero-order valence-electron chi connectivity index (χ0n) is 13.5. The molecule has 1 fully saturated rings. The van der Waals surface area contributed by atoms with E-state index in [-0.39, 0.29) is 23.0 Å². The van der Waals surface area contributed by atoms with Crippen molar-refractivity contribution in [1.29, 1.82) is 0 Å². The van der Waals surface area contributed by atoms with Gasteiger partial charge in [-0.2, -0.15) is 4.31 Å². The quantitative estimate of drug-likeness (QED) is 0.859. The summed E-state index contributed by atoms with van der Waals surface area (Å²) in [4.78, 5) is 16.1. The summed E-state index contributed by atoms with van der Waals surface area (Å²) in [5.74, 6) is -0.365. The number of carbonyl (C=O) groups excluding carboxylic acids is 1. The minimum Gasteiger partial charge on any atom is -0.392 e. The van der Waals surface area contributed by atoms with Gasteiger partial charge >= 0.3 is 0 Å². The molecule has 0 aliphatic carbocycles. The van der Waals surface area contributed by atoms with Crippen LogP contribution < -0.4 is 5.32 Å². The van der Waals surface area contributed by atoms with Crippen LogP contribution in [0.1, 0.15) is 23.3 Å². The molecule has 25 heavy (non-hydrogen) atoms. The number of pyridine rings is 1. The van der Waals surface area contributed by atoms with Gasteiger partial charge in [0, 0.05) is 25.0 Å². The number of hydrogen-bond acceptors (Lipinski definition) is 5. The molecule has 1 amide bonds. The average Bonchev–Trinajstić information content (AvgIpc) is 2.63. The monoisotopic (exact) mass is 361 g/mol. The molecule has 0 bridgehead atoms. The summed E-state index contributed by atoms with van der Waals surface area (Å²) in [7, 11) is -3.64. The molecule has 1 aliphatic heterocycles. The Balaban J connectivity index is 1.72. The van der Waals surface area contributed by atoms with Crippen LogP contribution in [0, 0.1) is 0 Å². The molecule has 0 unspecified atom stereocenters. The van der Waals surface area contributed by atoms with Gasteiger partial charge in [0.05, 0.1) is 11.0 Å². The highest BCUT2D eigenvalue weighted by Crippen LogP contribution is 2.22. The second-order valence-corrected chi connectivity index (χ2v) is 7.79. The predicted octanol–water partition coefficient (Wildman–Crippen LogP) is 1.48. The molecule has 3 rings (SSSR count). The number of sulfonamides is 1. The van der Waals surface area contributed by atoms with E-state index in [1.165, 1.54) is 34.8 Å². The number of nitrogens with zero attached hydrogens (tertiary/aromatic N) is 2. The summed E-state index contributed by atoms with van der Waals surface area (Å²) >= 11 is 0. The minimum atomic E-state index is -3.64. The van der Waals surface area contributed by atoms with Crippen molar-refractivity contribution in [3.05, 3.63) is 54.4 Å². The average molecular weight is 361 g/mol. The number of nitrogens with one attached hydrogen (secondary N) is 1. The fourth-order valence-corrected chi connectivity index (χ4v) is 4.21. The maximum absolute atomic E-state index is 12.6. The molecule has 0 saturated carbocycles. The van der Waals surface area contributed by atoms with Crippen LogP contribution >= 0.6 is 0 Å². The number of piperidine rings is 1. The summed E-state index contributed by atoms with van der Waals surface area (Å²) < 4.78 is 26.5. The maximum atomic E-state index is 12.6. The number of hydrogen-bond donors (Lipinski definition) is 2. The topological polar surface area (TPSA) is 99.6 Å². The van der Waals surface area contributed by atoms with E-state index in [0.29, 0.717) is 25.1 Å². The van der Waals surface area contributed by atoms with Crippen molar-refractivity contribution in [1.82, 2.24) is 9.29 Å². The van der Waals surface area contributed by atoms with Gasteiger partial charge in [-0.05, 0) is 49.2 Å². The Labute approximate surface area is 146 Å². The number of amides is 1. The summed E-state index contributed by atoms with van der Waals surface area (Å²) in [6.07, 6.45) is 2.15. The normalized spacial score (nSPS) is 18.7. The number of rotatable bonds is 4. The lowest BCUT2D eigenvalue weighted by atomic mass is 10.1. The number of benzene rings is 1. The fraction of sp³-hybridized carbons (Fsp3) is 0.294. The van der Waals surface area contributed by atoms with Gasteiger partial charge in [0.25, 0.3) is 5.91 Å². The molecular formula is C17H19N3O4S. The minimum absolute atomic E-state index is 0.112. The van der Waals surface area contributed by atoms with Crippen molar-refractivity contribution < 1.29 is 18.3 Å². The van der Waals surface area contributed by atoms with Gasteiger partial charge < -0.3 is 10.4 Å². The molecule has 1 aromatic carbocycles. The fourth-order valence-electron chi connectivity index (χ4n) is 2.69. The predicted molar refractivity (Wildman–Crippen MR) is 92.6 cm³/mol. The molecule has 8 heteroatoms. The Morgan fingerprint density at radius 2 is 1.96 bits per heavy atom. The van der Waals surface area contributed by atoms with Crippen molar-refractivity contribution in [2.75, 3.05) is 18.4 Å². The zero-order valence-corrected chi connectivity index (χ0v) is 14.3. The van der Waals surface area contributed by atoms with E-state index in [0.717, 1.165) is 0 Å². The Kier molecular flexibility index (Phi) is 5.12. The zero-order chi connectivity index (χ0) is 17.9. The Bertz CT molecular complexity index is 838. The number of aromatic nitrogens is 1. The molecule has 1 aromatic heterocycles. The molecule has 2 aromatic rings. The highest BCUT2D eigenvalue weighted by molar-refractivity contribution is 7.89. The molecule has 2 heterocycles. The first-order valence-electron chi connectivity index (χ1n) is 7.97. The van der Waals surface area contributed by atoms with Crippen LogP contribution in [0.4, 0.5) is 5.69 Å². The molecule has 1 atom stereocenters. The molecule has 1 aliphatic rings. The van der Waals surface area contributed by atoms with E-state index in [4.69, 9.17) is 0 Å². The SMILES string of the molecule is O=C(Nc1ccc(S(=O)(=O)N2CCC[C@H](O)C2)cc1)c1ccccn1. The third-order valence-electron chi connectivity index (χ3n) is 4.01. The van der Waals surface area contributed by atoms with Crippen LogP contribution in [0.25, 0.3) is 0 Å². The van der Waals surface area contributed by atoms with Crippen molar-refractivity contribution in [3.63, 3.8) is 0 Å². The van der Waals surface area contributed by atoms with Crippen LogP contribution in [0.2, 0.25) is 0 Å². The first-order chi connectivity index (χ1) is 12.0. The van der Waals surface area contributed by atoms with Gasteiger partial charge in [-0.15, -0.1) is 0 Å². The van der Waals surface area contributed by atoms with Gasteiger partial charge in [-0.3, -0.25) is 9.78 Å². The van der Waals surface area contributed by atoms with Crippen molar-refractivity contribution >= 4 is 21.6 Å². The van der Waals surface area contributed by atoms with Crippen LogP contribution in [0.3, 0.4) is 0 Å². The molecule has 0 spiro atoms. The Hall–Kier alpha value is -2.29. The van der Waals surface area contributed by atoms with Crippen molar-refractivity contribution in [2.45, 2.75) is 23.8 Å². The molecule has 7 nitrogen and oxygen atoms in total. The smallest absolute Gasteiger partial charge is 0.274 e. The largest absolute Gasteiger partial charge is 0.392 e. The standard InChI is InChI=1S/C17H19N3O4S/c21-14-4-3-11-20(12-14)25(23,24)15-8-6-13(7-9-15)19-17(22)16-5-1-2-10-18-16/h1-2,5-10,14,21H,3-4,11-12H2,(H,19,22)/t14-/m0/s1. The highest BCUT2D eigenvalue weighted by Gasteiger charge is 2.29. The first kappa shape index (κ1) is 17.5. The number of aliphatic hydroxyl groups is 1. The van der Waals surface area contributed by atoms with E-state index in [9.17, 15) is 18.3 Å². The summed E-state index contributed by atoms with van der Waals surface area (Å²) in [6, 6.07) is 11.0. The number of β-amino-alcohol motifs (C(OH)–C–C–N with tert-alkyl or cyclic N) is 1. The lowest BCUT2D eigenvalue weighted by Gasteiger charge is -2.29. The van der Waals surface area contributed by atoms with Crippen LogP contribution in [-0.4, -0.2) is 47.9 Å². The maximum Gasteiger partial charge on any atom is 0.274 e. The van der Waals surface area contributed by atoms with Crippen molar-refractivity contribution in [2.24, 2.45) is 0 Å². The summed E-state index contributed by atoms with van der Waals surface area (Å²) in [5.41, 5.74) is 0.759. The molecule has 132 valence electrons. The van der Waals surface area contributed by atoms with Gasteiger partial charge in [-0.25, -0.2) is 8.42 Å². The second-order valence-electron chi connectivity index (χ2n) is 5.85. The van der Waals surface area contributed by atoms with Crippen LogP contribution in [0.15, 0.2) is 53.6 Å². The van der Waals surface area contributed by atoms with E-state index in [1.54, 1.807) is 18.2 Å². The second kappa shape index (κ2) is 7.30. The van der Waals surface area contributed by atoms with E-state index in [2.05, 4.69) is 10.3 Å². The lowest BCUT2D eigenvalue weighted by molar-refractivity contribution is 0.102. The van der Waals surface area contributed by atoms with Gasteiger partial charge in [0.1, 0.15) is 5.69 Å². The van der Waals surface area contributed by atoms with Gasteiger partial charge in [0.15, 0.2) is 0 Å². The number of carbonyl (C=O) groups is 1. The number of anilines is 1. The Morgan fingerprint density at radius 3 is 2.60 bits per heavy atom. The number of aliphatic hydroxyl groups excluding tert-OH is 1. The Morgan fingerprint density at radius 1 is 1.20 bits per heavy atom. The third-order valence-corrected chi connectivity index (χ3v) is 5.89.